The molecule has 0 amide bonds. The minimum atomic E-state index is 0.101. The van der Waals surface area contributed by atoms with E-state index in [2.05, 4.69) is 6.19 Å². The summed E-state index contributed by atoms with van der Waals surface area (Å²) in [7, 11) is 0. The van der Waals surface area contributed by atoms with Crippen molar-refractivity contribution in [2.24, 2.45) is 0 Å². The van der Waals surface area contributed by atoms with E-state index in [1.807, 2.05) is 26.0 Å². The fraction of sp³-hybridized carbons (Fsp3) is 0.667. The van der Waals surface area contributed by atoms with Gasteiger partial charge < -0.3 is 4.90 Å². The Morgan fingerprint density at radius 3 is 2.58 bits per heavy atom. The smallest absolute Gasteiger partial charge is 0.180 e. The van der Waals surface area contributed by atoms with Crippen molar-refractivity contribution in [2.45, 2.75) is 37.7 Å². The monoisotopic (exact) mass is 184 g/mol. The van der Waals surface area contributed by atoms with E-state index in [-0.39, 0.29) is 17.5 Å². The highest BCUT2D eigenvalue weighted by molar-refractivity contribution is 6.22. The molecular weight excluding hydrogens is 172 g/mol. The quantitative estimate of drug-likeness (QED) is 0.285. The van der Waals surface area contributed by atoms with Crippen molar-refractivity contribution in [3.05, 3.63) is 12.2 Å². The third-order valence-electron chi connectivity index (χ3n) is 2.04. The minimum Gasteiger partial charge on any atom is -0.301 e. The molecule has 1 rings (SSSR count). The standard InChI is InChI=1S/C9H13ClN2/c1-7(2)12(6-11)9-4-3-8(10)5-9/h3-4,7-9H,5H2,1-2H3. The van der Waals surface area contributed by atoms with Crippen LogP contribution >= 0.6 is 11.6 Å². The zero-order chi connectivity index (χ0) is 9.14. The summed E-state index contributed by atoms with van der Waals surface area (Å²) in [4.78, 5) is 1.78. The van der Waals surface area contributed by atoms with Gasteiger partial charge in [0.05, 0.1) is 11.4 Å². The SMILES string of the molecule is CC(C)N(C#N)C1C=CC(Cl)C1. The second kappa shape index (κ2) is 3.82. The third-order valence-corrected chi connectivity index (χ3v) is 2.36. The molecule has 0 heterocycles. The lowest BCUT2D eigenvalue weighted by Gasteiger charge is -2.25. The Morgan fingerprint density at radius 1 is 1.58 bits per heavy atom. The van der Waals surface area contributed by atoms with Crippen LogP contribution in [0.5, 0.6) is 0 Å². The van der Waals surface area contributed by atoms with Crippen LogP contribution in [0.15, 0.2) is 12.2 Å². The van der Waals surface area contributed by atoms with Crippen LogP contribution in [0, 0.1) is 11.5 Å². The second-order valence-corrected chi connectivity index (χ2v) is 3.87. The Labute approximate surface area is 78.4 Å². The Kier molecular flexibility index (Phi) is 2.99. The van der Waals surface area contributed by atoms with E-state index >= 15 is 0 Å². The lowest BCUT2D eigenvalue weighted by Crippen LogP contribution is -2.34. The largest absolute Gasteiger partial charge is 0.301 e. The van der Waals surface area contributed by atoms with Crippen molar-refractivity contribution >= 4 is 11.6 Å². The van der Waals surface area contributed by atoms with Gasteiger partial charge in [0.1, 0.15) is 0 Å². The summed E-state index contributed by atoms with van der Waals surface area (Å²) >= 11 is 5.89. The highest BCUT2D eigenvalue weighted by atomic mass is 35.5. The molecule has 1 aliphatic rings. The van der Waals surface area contributed by atoms with Gasteiger partial charge in [0.25, 0.3) is 0 Å². The fourth-order valence-corrected chi connectivity index (χ4v) is 1.68. The topological polar surface area (TPSA) is 27.0 Å². The Morgan fingerprint density at radius 2 is 2.25 bits per heavy atom. The molecule has 0 saturated heterocycles. The number of hydrogen-bond donors (Lipinski definition) is 0. The molecule has 12 heavy (non-hydrogen) atoms. The molecule has 0 aromatic carbocycles. The van der Waals surface area contributed by atoms with Gasteiger partial charge in [-0.05, 0) is 20.3 Å². The van der Waals surface area contributed by atoms with Crippen LogP contribution < -0.4 is 0 Å². The van der Waals surface area contributed by atoms with Crippen LogP contribution in [0.2, 0.25) is 0 Å². The molecule has 0 spiro atoms. The van der Waals surface area contributed by atoms with Crippen molar-refractivity contribution < 1.29 is 0 Å². The first-order chi connectivity index (χ1) is 5.65. The zero-order valence-corrected chi connectivity index (χ0v) is 8.12. The van der Waals surface area contributed by atoms with E-state index < -0.39 is 0 Å². The predicted octanol–water partition coefficient (Wildman–Crippen LogP) is 2.11. The zero-order valence-electron chi connectivity index (χ0n) is 7.37. The summed E-state index contributed by atoms with van der Waals surface area (Å²) in [6, 6.07) is 0.462. The van der Waals surface area contributed by atoms with Crippen LogP contribution in [0.4, 0.5) is 0 Å². The molecular formula is C9H13ClN2. The van der Waals surface area contributed by atoms with Crippen molar-refractivity contribution in [2.75, 3.05) is 0 Å². The maximum Gasteiger partial charge on any atom is 0.180 e. The highest BCUT2D eigenvalue weighted by Crippen LogP contribution is 2.21. The second-order valence-electron chi connectivity index (χ2n) is 3.30. The maximum atomic E-state index is 8.84. The predicted molar refractivity (Wildman–Crippen MR) is 49.8 cm³/mol. The average molecular weight is 185 g/mol. The number of allylic oxidation sites excluding steroid dienone is 1. The third kappa shape index (κ3) is 1.92. The van der Waals surface area contributed by atoms with Crippen LogP contribution in [0.25, 0.3) is 0 Å². The van der Waals surface area contributed by atoms with E-state index in [4.69, 9.17) is 16.9 Å². The summed E-state index contributed by atoms with van der Waals surface area (Å²) in [6.07, 6.45) is 7.01. The molecule has 0 aliphatic heterocycles. The molecule has 0 aromatic heterocycles. The first kappa shape index (κ1) is 9.41. The van der Waals surface area contributed by atoms with Crippen molar-refractivity contribution in [1.29, 1.82) is 5.26 Å². The number of alkyl halides is 1. The molecule has 2 atom stereocenters. The molecule has 1 aliphatic carbocycles. The lowest BCUT2D eigenvalue weighted by atomic mass is 10.2. The molecule has 0 N–H and O–H groups in total. The Bertz CT molecular complexity index is 217. The van der Waals surface area contributed by atoms with Gasteiger partial charge >= 0.3 is 0 Å². The van der Waals surface area contributed by atoms with E-state index in [0.717, 1.165) is 6.42 Å². The molecule has 0 fully saturated rings. The van der Waals surface area contributed by atoms with Gasteiger partial charge in [0.15, 0.2) is 6.19 Å². The molecule has 0 aromatic rings. The van der Waals surface area contributed by atoms with Crippen molar-refractivity contribution in [1.82, 2.24) is 4.90 Å². The first-order valence-electron chi connectivity index (χ1n) is 4.15. The van der Waals surface area contributed by atoms with Crippen LogP contribution in [0.1, 0.15) is 20.3 Å². The molecule has 66 valence electrons. The van der Waals surface area contributed by atoms with Gasteiger partial charge in [-0.1, -0.05) is 12.2 Å². The number of rotatable bonds is 2. The summed E-state index contributed by atoms with van der Waals surface area (Å²) < 4.78 is 0. The first-order valence-corrected chi connectivity index (χ1v) is 4.59. The number of nitrogens with zero attached hydrogens (tertiary/aromatic N) is 2. The summed E-state index contributed by atoms with van der Waals surface area (Å²) in [5.41, 5.74) is 0. The van der Waals surface area contributed by atoms with Gasteiger partial charge in [0.2, 0.25) is 0 Å². The number of nitriles is 1. The molecule has 0 saturated carbocycles. The van der Waals surface area contributed by atoms with Crippen LogP contribution in [-0.2, 0) is 0 Å². The minimum absolute atomic E-state index is 0.101. The molecule has 0 bridgehead atoms. The Hall–Kier alpha value is -0.680. The lowest BCUT2D eigenvalue weighted by molar-refractivity contribution is 0.275. The average Bonchev–Trinajstić information content (AvgIpc) is 2.37. The van der Waals surface area contributed by atoms with Crippen molar-refractivity contribution in [3.8, 4) is 6.19 Å². The maximum absolute atomic E-state index is 8.84. The summed E-state index contributed by atoms with van der Waals surface area (Å²) in [6.45, 7) is 4.03. The molecule has 0 radical (unpaired) electrons. The van der Waals surface area contributed by atoms with E-state index in [9.17, 15) is 0 Å². The van der Waals surface area contributed by atoms with Gasteiger partial charge in [-0.2, -0.15) is 5.26 Å². The molecule has 3 heteroatoms. The van der Waals surface area contributed by atoms with Crippen LogP contribution in [0.3, 0.4) is 0 Å². The summed E-state index contributed by atoms with van der Waals surface area (Å²) in [5.74, 6) is 0. The van der Waals surface area contributed by atoms with E-state index in [1.165, 1.54) is 0 Å². The number of halogens is 1. The highest BCUT2D eigenvalue weighted by Gasteiger charge is 2.23. The van der Waals surface area contributed by atoms with E-state index in [0.29, 0.717) is 0 Å². The van der Waals surface area contributed by atoms with Crippen LogP contribution in [-0.4, -0.2) is 22.4 Å². The van der Waals surface area contributed by atoms with E-state index in [1.54, 1.807) is 4.90 Å². The Balaban J connectivity index is 2.59. The van der Waals surface area contributed by atoms with Gasteiger partial charge in [0, 0.05) is 6.04 Å². The fourth-order valence-electron chi connectivity index (χ4n) is 1.42. The summed E-state index contributed by atoms with van der Waals surface area (Å²) in [5, 5.41) is 8.94. The van der Waals surface area contributed by atoms with Crippen molar-refractivity contribution in [3.63, 3.8) is 0 Å². The van der Waals surface area contributed by atoms with Gasteiger partial charge in [-0.25, -0.2) is 0 Å². The number of hydrogen-bond acceptors (Lipinski definition) is 2. The molecule has 2 unspecified atom stereocenters. The van der Waals surface area contributed by atoms with Gasteiger partial charge in [-0.15, -0.1) is 11.6 Å². The molecule has 2 nitrogen and oxygen atoms in total. The van der Waals surface area contributed by atoms with Gasteiger partial charge in [-0.3, -0.25) is 0 Å². The normalized spacial score (nSPS) is 27.6.